The molecule has 0 saturated carbocycles. The van der Waals surface area contributed by atoms with Gasteiger partial charge in [0.05, 0.1) is 36.6 Å². The Labute approximate surface area is 197 Å². The zero-order valence-corrected chi connectivity index (χ0v) is 19.8. The van der Waals surface area contributed by atoms with Crippen LogP contribution in [-0.4, -0.2) is 57.9 Å². The number of amides is 1. The standard InChI is InChI=1S/C23H25N3O7S/c1-25(34(30,31)19-9-8-16-6-4-5-7-17(16)12-19)15-23(27)24-11-10-18-13-21(32-2)22(33-3)14-20(18)26(28)29/h4-9,12-14H,10-11,15H2,1-3H3,(H,24,27). The number of sulfonamides is 1. The van der Waals surface area contributed by atoms with Crippen LogP contribution in [0.5, 0.6) is 11.5 Å². The quantitative estimate of drug-likeness (QED) is 0.344. The highest BCUT2D eigenvalue weighted by molar-refractivity contribution is 7.89. The fourth-order valence-corrected chi connectivity index (χ4v) is 4.63. The SMILES string of the molecule is COc1cc(CCNC(=O)CN(C)S(=O)(=O)c2ccc3ccccc3c2)c([N+](=O)[O-])cc1OC. The lowest BCUT2D eigenvalue weighted by Gasteiger charge is -2.17. The van der Waals surface area contributed by atoms with Gasteiger partial charge in [0.1, 0.15) is 0 Å². The Bertz CT molecular complexity index is 1330. The van der Waals surface area contributed by atoms with Gasteiger partial charge in [0.25, 0.3) is 5.69 Å². The summed E-state index contributed by atoms with van der Waals surface area (Å²) in [6, 6.07) is 14.9. The maximum absolute atomic E-state index is 12.9. The normalized spacial score (nSPS) is 11.4. The second-order valence-corrected chi connectivity index (χ2v) is 9.51. The van der Waals surface area contributed by atoms with Crippen molar-refractivity contribution in [2.45, 2.75) is 11.3 Å². The van der Waals surface area contributed by atoms with Crippen LogP contribution in [0.3, 0.4) is 0 Å². The molecule has 0 aliphatic heterocycles. The molecule has 0 radical (unpaired) electrons. The van der Waals surface area contributed by atoms with E-state index in [1.807, 2.05) is 24.3 Å². The topological polar surface area (TPSA) is 128 Å². The zero-order valence-electron chi connectivity index (χ0n) is 19.0. The first-order chi connectivity index (χ1) is 16.2. The first-order valence-corrected chi connectivity index (χ1v) is 11.7. The van der Waals surface area contributed by atoms with Crippen molar-refractivity contribution in [2.75, 3.05) is 34.4 Å². The zero-order chi connectivity index (χ0) is 24.9. The Morgan fingerprint density at radius 2 is 1.68 bits per heavy atom. The van der Waals surface area contributed by atoms with Crippen LogP contribution in [-0.2, 0) is 21.2 Å². The lowest BCUT2D eigenvalue weighted by atomic mass is 10.1. The minimum absolute atomic E-state index is 0.0685. The van der Waals surface area contributed by atoms with E-state index in [-0.39, 0.29) is 29.3 Å². The first-order valence-electron chi connectivity index (χ1n) is 10.3. The van der Waals surface area contributed by atoms with Crippen molar-refractivity contribution in [1.29, 1.82) is 0 Å². The lowest BCUT2D eigenvalue weighted by molar-refractivity contribution is -0.385. The molecule has 3 rings (SSSR count). The van der Waals surface area contributed by atoms with Crippen LogP contribution in [0.2, 0.25) is 0 Å². The van der Waals surface area contributed by atoms with Crippen LogP contribution in [0.25, 0.3) is 10.8 Å². The summed E-state index contributed by atoms with van der Waals surface area (Å²) in [5, 5.41) is 15.7. The number of hydrogen-bond acceptors (Lipinski definition) is 7. The number of nitrogens with zero attached hydrogens (tertiary/aromatic N) is 2. The number of nitrogens with one attached hydrogen (secondary N) is 1. The summed E-state index contributed by atoms with van der Waals surface area (Å²) in [5.41, 5.74) is 0.183. The number of carbonyl (C=O) groups is 1. The number of likely N-dealkylation sites (N-methyl/N-ethyl adjacent to an activating group) is 1. The molecule has 0 aliphatic rings. The van der Waals surface area contributed by atoms with E-state index in [1.165, 1.54) is 39.5 Å². The lowest BCUT2D eigenvalue weighted by Crippen LogP contribution is -2.39. The Kier molecular flexibility index (Phi) is 7.69. The van der Waals surface area contributed by atoms with E-state index >= 15 is 0 Å². The van der Waals surface area contributed by atoms with Gasteiger partial charge in [0.2, 0.25) is 15.9 Å². The molecule has 180 valence electrons. The van der Waals surface area contributed by atoms with Gasteiger partial charge in [-0.25, -0.2) is 8.42 Å². The maximum Gasteiger partial charge on any atom is 0.276 e. The van der Waals surface area contributed by atoms with Crippen molar-refractivity contribution in [3.05, 3.63) is 70.3 Å². The fourth-order valence-electron chi connectivity index (χ4n) is 3.47. The largest absolute Gasteiger partial charge is 0.493 e. The van der Waals surface area contributed by atoms with Gasteiger partial charge in [-0.3, -0.25) is 14.9 Å². The highest BCUT2D eigenvalue weighted by atomic mass is 32.2. The number of benzene rings is 3. The predicted molar refractivity (Wildman–Crippen MR) is 127 cm³/mol. The molecule has 0 aliphatic carbocycles. The third kappa shape index (κ3) is 5.43. The molecular weight excluding hydrogens is 462 g/mol. The van der Waals surface area contributed by atoms with Gasteiger partial charge >= 0.3 is 0 Å². The van der Waals surface area contributed by atoms with E-state index in [2.05, 4.69) is 5.32 Å². The van der Waals surface area contributed by atoms with Crippen molar-refractivity contribution in [3.63, 3.8) is 0 Å². The average molecular weight is 488 g/mol. The van der Waals surface area contributed by atoms with E-state index in [1.54, 1.807) is 12.1 Å². The first kappa shape index (κ1) is 24.9. The molecular formula is C23H25N3O7S. The maximum atomic E-state index is 12.9. The molecule has 1 N–H and O–H groups in total. The van der Waals surface area contributed by atoms with Crippen molar-refractivity contribution in [1.82, 2.24) is 9.62 Å². The molecule has 0 heterocycles. The van der Waals surface area contributed by atoms with Crippen LogP contribution in [0.4, 0.5) is 5.69 Å². The fraction of sp³-hybridized carbons (Fsp3) is 0.261. The Hall–Kier alpha value is -3.70. The van der Waals surface area contributed by atoms with Gasteiger partial charge in [0, 0.05) is 19.2 Å². The summed E-state index contributed by atoms with van der Waals surface area (Å²) >= 11 is 0. The minimum atomic E-state index is -3.88. The van der Waals surface area contributed by atoms with Gasteiger partial charge in [-0.2, -0.15) is 4.31 Å². The highest BCUT2D eigenvalue weighted by Gasteiger charge is 2.24. The van der Waals surface area contributed by atoms with E-state index in [0.717, 1.165) is 15.1 Å². The van der Waals surface area contributed by atoms with Crippen molar-refractivity contribution in [2.24, 2.45) is 0 Å². The van der Waals surface area contributed by atoms with E-state index in [0.29, 0.717) is 11.3 Å². The Morgan fingerprint density at radius 1 is 1.03 bits per heavy atom. The van der Waals surface area contributed by atoms with Gasteiger partial charge < -0.3 is 14.8 Å². The summed E-state index contributed by atoms with van der Waals surface area (Å²) in [7, 11) is 0.235. The van der Waals surface area contributed by atoms with Gasteiger partial charge in [-0.1, -0.05) is 30.3 Å². The van der Waals surface area contributed by atoms with Crippen molar-refractivity contribution in [3.8, 4) is 11.5 Å². The van der Waals surface area contributed by atoms with Gasteiger partial charge in [-0.15, -0.1) is 0 Å². The molecule has 0 spiro atoms. The van der Waals surface area contributed by atoms with Crippen LogP contribution < -0.4 is 14.8 Å². The summed E-state index contributed by atoms with van der Waals surface area (Å²) in [6.07, 6.45) is 0.142. The number of ether oxygens (including phenoxy) is 2. The monoisotopic (exact) mass is 487 g/mol. The number of nitro benzene ring substituents is 1. The highest BCUT2D eigenvalue weighted by Crippen LogP contribution is 2.34. The molecule has 0 fully saturated rings. The molecule has 0 unspecified atom stereocenters. The summed E-state index contributed by atoms with van der Waals surface area (Å²) < 4.78 is 37.1. The number of carbonyl (C=O) groups excluding carboxylic acids is 1. The molecule has 11 heteroatoms. The Balaban J connectivity index is 1.65. The molecule has 34 heavy (non-hydrogen) atoms. The van der Waals surface area contributed by atoms with Crippen LogP contribution in [0.1, 0.15) is 5.56 Å². The summed E-state index contributed by atoms with van der Waals surface area (Å²) in [6.45, 7) is -0.331. The number of hydrogen-bond donors (Lipinski definition) is 1. The van der Waals surface area contributed by atoms with Crippen molar-refractivity contribution >= 4 is 32.4 Å². The van der Waals surface area contributed by atoms with Gasteiger partial charge in [0.15, 0.2) is 11.5 Å². The van der Waals surface area contributed by atoms with Gasteiger partial charge in [-0.05, 0) is 35.4 Å². The van der Waals surface area contributed by atoms with Crippen LogP contribution >= 0.6 is 0 Å². The molecule has 10 nitrogen and oxygen atoms in total. The predicted octanol–water partition coefficient (Wildman–Crippen LogP) is 2.74. The molecule has 0 bridgehead atoms. The smallest absolute Gasteiger partial charge is 0.276 e. The van der Waals surface area contributed by atoms with Crippen LogP contribution in [0, 0.1) is 10.1 Å². The van der Waals surface area contributed by atoms with E-state index in [9.17, 15) is 23.3 Å². The molecule has 0 atom stereocenters. The molecule has 3 aromatic carbocycles. The van der Waals surface area contributed by atoms with Crippen molar-refractivity contribution < 1.29 is 27.6 Å². The number of nitro groups is 1. The van der Waals surface area contributed by atoms with Crippen LogP contribution in [0.15, 0.2) is 59.5 Å². The average Bonchev–Trinajstić information content (AvgIpc) is 2.82. The number of methoxy groups -OCH3 is 2. The van der Waals surface area contributed by atoms with E-state index in [4.69, 9.17) is 9.47 Å². The van der Waals surface area contributed by atoms with E-state index < -0.39 is 27.4 Å². The number of fused-ring (bicyclic) bond motifs is 1. The summed E-state index contributed by atoms with van der Waals surface area (Å²) in [4.78, 5) is 23.3. The number of rotatable bonds is 10. The minimum Gasteiger partial charge on any atom is -0.493 e. The molecule has 0 aromatic heterocycles. The Morgan fingerprint density at radius 3 is 2.32 bits per heavy atom. The molecule has 0 saturated heterocycles. The third-order valence-electron chi connectivity index (χ3n) is 5.29. The third-order valence-corrected chi connectivity index (χ3v) is 7.09. The second kappa shape index (κ2) is 10.5. The molecule has 3 aromatic rings. The second-order valence-electron chi connectivity index (χ2n) is 7.46. The summed E-state index contributed by atoms with van der Waals surface area (Å²) in [5.74, 6) is 0.0214. The molecule has 1 amide bonds.